The molecule has 0 saturated heterocycles. The first-order valence-electron chi connectivity index (χ1n) is 2.12. The monoisotopic (exact) mass is 95.1 g/mol. The first-order chi connectivity index (χ1) is 2.41. The standard InChI is InChI=1S/C2H7N.C2H6.H2O.H2/c1-2-3;1-2;;/h2-3H2,1H3;1-2H3;1H2;1H. The highest BCUT2D eigenvalue weighted by Gasteiger charge is 1.32. The average Bonchev–Trinajstić information content (AvgIpc) is 1.46. The summed E-state index contributed by atoms with van der Waals surface area (Å²) < 4.78 is 0. The summed E-state index contributed by atoms with van der Waals surface area (Å²) >= 11 is 0. The van der Waals surface area contributed by atoms with E-state index < -0.39 is 0 Å². The molecule has 0 rings (SSSR count). The van der Waals surface area contributed by atoms with Gasteiger partial charge in [0.15, 0.2) is 0 Å². The van der Waals surface area contributed by atoms with Crippen LogP contribution in [0.2, 0.25) is 0 Å². The number of nitrogens with two attached hydrogens (primary N) is 1. The molecule has 0 heterocycles. The van der Waals surface area contributed by atoms with Crippen LogP contribution < -0.4 is 5.73 Å². The van der Waals surface area contributed by atoms with Crippen molar-refractivity contribution in [3.05, 3.63) is 0 Å². The molecule has 0 aliphatic carbocycles. The van der Waals surface area contributed by atoms with Gasteiger partial charge in [-0.2, -0.15) is 0 Å². The lowest BCUT2D eigenvalue weighted by Gasteiger charge is -1.53. The second kappa shape index (κ2) is 89.3. The maximum Gasteiger partial charge on any atom is 0 e. The SMILES string of the molecule is CC.CCN.O.[HH]. The molecule has 0 spiro atoms. The minimum Gasteiger partial charge on any atom is -0.412 e. The van der Waals surface area contributed by atoms with E-state index in [1.54, 1.807) is 0 Å². The van der Waals surface area contributed by atoms with E-state index in [0.717, 1.165) is 6.54 Å². The van der Waals surface area contributed by atoms with Gasteiger partial charge in [-0.15, -0.1) is 0 Å². The summed E-state index contributed by atoms with van der Waals surface area (Å²) in [5, 5.41) is 0. The number of rotatable bonds is 0. The number of hydrogen-bond donors (Lipinski definition) is 1. The molecular weight excluding hydrogens is 78.0 g/mol. The molecule has 0 saturated carbocycles. The van der Waals surface area contributed by atoms with Crippen LogP contribution in [0.4, 0.5) is 0 Å². The van der Waals surface area contributed by atoms with Crippen molar-refractivity contribution in [1.82, 2.24) is 0 Å². The summed E-state index contributed by atoms with van der Waals surface area (Å²) in [7, 11) is 0. The highest BCUT2D eigenvalue weighted by Crippen LogP contribution is 1.20. The summed E-state index contributed by atoms with van der Waals surface area (Å²) in [4.78, 5) is 0. The van der Waals surface area contributed by atoms with Gasteiger partial charge in [-0.05, 0) is 6.54 Å². The quantitative estimate of drug-likeness (QED) is 0.465. The van der Waals surface area contributed by atoms with Crippen LogP contribution in [0.5, 0.6) is 0 Å². The molecule has 0 amide bonds. The lowest BCUT2D eigenvalue weighted by Crippen LogP contribution is -1.87. The first kappa shape index (κ1) is 16.8. The summed E-state index contributed by atoms with van der Waals surface area (Å²) in [5.74, 6) is 0. The van der Waals surface area contributed by atoms with Gasteiger partial charge in [0.05, 0.1) is 0 Å². The summed E-state index contributed by atoms with van der Waals surface area (Å²) in [6, 6.07) is 0. The largest absolute Gasteiger partial charge is 0.412 e. The fraction of sp³-hybridized carbons (Fsp3) is 1.00. The van der Waals surface area contributed by atoms with Gasteiger partial charge in [0.2, 0.25) is 0 Å². The van der Waals surface area contributed by atoms with Crippen LogP contribution in [0.1, 0.15) is 22.2 Å². The van der Waals surface area contributed by atoms with E-state index in [1.165, 1.54) is 0 Å². The first-order valence-corrected chi connectivity index (χ1v) is 2.12. The maximum absolute atomic E-state index is 4.85. The van der Waals surface area contributed by atoms with Crippen molar-refractivity contribution in [2.45, 2.75) is 20.8 Å². The predicted molar refractivity (Wildman–Crippen MR) is 31.8 cm³/mol. The van der Waals surface area contributed by atoms with Gasteiger partial charge >= 0.3 is 0 Å². The zero-order chi connectivity index (χ0) is 4.71. The van der Waals surface area contributed by atoms with Crippen LogP contribution in [0, 0.1) is 0 Å². The average molecular weight is 95.2 g/mol. The third-order valence-electron chi connectivity index (χ3n) is 0. The molecule has 0 radical (unpaired) electrons. The van der Waals surface area contributed by atoms with E-state index >= 15 is 0 Å². The smallest absolute Gasteiger partial charge is 0 e. The van der Waals surface area contributed by atoms with Gasteiger partial charge in [0, 0.05) is 1.43 Å². The lowest BCUT2D eigenvalue weighted by molar-refractivity contribution is 0.824. The Morgan fingerprint density at radius 2 is 1.50 bits per heavy atom. The molecule has 44 valence electrons. The van der Waals surface area contributed by atoms with Crippen LogP contribution in [-0.2, 0) is 0 Å². The van der Waals surface area contributed by atoms with E-state index in [2.05, 4.69) is 0 Å². The Kier molecular flexibility index (Phi) is 250. The molecule has 0 unspecified atom stereocenters. The molecule has 0 fully saturated rings. The molecule has 0 aromatic heterocycles. The minimum atomic E-state index is 0. The highest BCUT2D eigenvalue weighted by atomic mass is 16.0. The summed E-state index contributed by atoms with van der Waals surface area (Å²) in [6.45, 7) is 6.65. The normalized spacial score (nSPS) is 4.00. The maximum atomic E-state index is 4.85. The van der Waals surface area contributed by atoms with Gasteiger partial charge in [-0.1, -0.05) is 20.8 Å². The van der Waals surface area contributed by atoms with Gasteiger partial charge in [-0.25, -0.2) is 0 Å². The molecule has 6 heavy (non-hydrogen) atoms. The van der Waals surface area contributed by atoms with Crippen LogP contribution in [-0.4, -0.2) is 12.0 Å². The Bertz CT molecular complexity index is 11.7. The van der Waals surface area contributed by atoms with Crippen molar-refractivity contribution in [3.63, 3.8) is 0 Å². The number of hydrogen-bond acceptors (Lipinski definition) is 1. The van der Waals surface area contributed by atoms with Crippen molar-refractivity contribution in [2.75, 3.05) is 6.54 Å². The molecule has 2 nitrogen and oxygen atoms in total. The minimum absolute atomic E-state index is 0. The molecule has 4 N–H and O–H groups in total. The van der Waals surface area contributed by atoms with Crippen LogP contribution in [0.3, 0.4) is 0 Å². The fourth-order valence-electron chi connectivity index (χ4n) is 0. The molecule has 0 atom stereocenters. The van der Waals surface area contributed by atoms with E-state index in [4.69, 9.17) is 5.73 Å². The van der Waals surface area contributed by atoms with Crippen LogP contribution >= 0.6 is 0 Å². The Hall–Kier alpha value is -0.0800. The van der Waals surface area contributed by atoms with E-state index in [-0.39, 0.29) is 6.90 Å². The van der Waals surface area contributed by atoms with Gasteiger partial charge in [0.1, 0.15) is 0 Å². The summed E-state index contributed by atoms with van der Waals surface area (Å²) in [6.07, 6.45) is 0. The van der Waals surface area contributed by atoms with E-state index in [9.17, 15) is 0 Å². The van der Waals surface area contributed by atoms with Crippen molar-refractivity contribution in [3.8, 4) is 0 Å². The third kappa shape index (κ3) is 5220. The Labute approximate surface area is 41.1 Å². The second-order valence-electron chi connectivity index (χ2n) is 0.408. The summed E-state index contributed by atoms with van der Waals surface area (Å²) in [5.41, 5.74) is 4.85. The van der Waals surface area contributed by atoms with Crippen molar-refractivity contribution in [2.24, 2.45) is 5.73 Å². The lowest BCUT2D eigenvalue weighted by atomic mass is 10.8. The Balaban J connectivity index is -0.0000000105. The highest BCUT2D eigenvalue weighted by molar-refractivity contribution is 4.00. The molecule has 0 aliphatic heterocycles. The van der Waals surface area contributed by atoms with Crippen LogP contribution in [0.25, 0.3) is 0 Å². The molecule has 2 heteroatoms. The predicted octanol–water partition coefficient (Wildman–Crippen LogP) is 0.412. The Morgan fingerprint density at radius 3 is 1.50 bits per heavy atom. The van der Waals surface area contributed by atoms with Gasteiger partial charge in [0.25, 0.3) is 0 Å². The van der Waals surface area contributed by atoms with Crippen LogP contribution in [0.15, 0.2) is 0 Å². The molecule has 0 aromatic carbocycles. The zero-order valence-corrected chi connectivity index (χ0v) is 4.78. The van der Waals surface area contributed by atoms with E-state index in [1.807, 2.05) is 20.8 Å². The van der Waals surface area contributed by atoms with Gasteiger partial charge < -0.3 is 11.2 Å². The third-order valence-corrected chi connectivity index (χ3v) is 0. The fourth-order valence-corrected chi connectivity index (χ4v) is 0. The molecule has 0 aromatic rings. The van der Waals surface area contributed by atoms with Crippen molar-refractivity contribution in [1.29, 1.82) is 0 Å². The molecular formula is C4H17NO. The van der Waals surface area contributed by atoms with Crippen molar-refractivity contribution < 1.29 is 6.90 Å². The molecule has 0 aliphatic rings. The second-order valence-corrected chi connectivity index (χ2v) is 0.408. The van der Waals surface area contributed by atoms with E-state index in [0.29, 0.717) is 0 Å². The topological polar surface area (TPSA) is 57.5 Å². The van der Waals surface area contributed by atoms with Crippen molar-refractivity contribution >= 4 is 0 Å². The Morgan fingerprint density at radius 1 is 1.50 bits per heavy atom. The molecule has 0 bridgehead atoms. The van der Waals surface area contributed by atoms with Gasteiger partial charge in [-0.3, -0.25) is 0 Å². The zero-order valence-electron chi connectivity index (χ0n) is 4.78.